The van der Waals surface area contributed by atoms with Crippen molar-refractivity contribution in [1.82, 2.24) is 15.0 Å². The van der Waals surface area contributed by atoms with Crippen LogP contribution in [-0.4, -0.2) is 15.0 Å². The maximum Gasteiger partial charge on any atom is 0.164 e. The number of rotatable bonds is 9. The van der Waals surface area contributed by atoms with Crippen LogP contribution in [-0.2, 0) is 5.41 Å². The Labute approximate surface area is 398 Å². The molecule has 0 aliphatic heterocycles. The Morgan fingerprint density at radius 1 is 0.261 bits per heavy atom. The third kappa shape index (κ3) is 6.90. The van der Waals surface area contributed by atoms with Gasteiger partial charge in [0.25, 0.3) is 0 Å². The second-order valence-electron chi connectivity index (χ2n) is 17.5. The van der Waals surface area contributed by atoms with Crippen LogP contribution in [0.5, 0.6) is 0 Å². The number of aromatic nitrogens is 3. The van der Waals surface area contributed by atoms with Gasteiger partial charge in [0, 0.05) is 38.2 Å². The molecule has 69 heavy (non-hydrogen) atoms. The number of para-hydroxylation sites is 1. The monoisotopic (exact) mass is 883 g/mol. The van der Waals surface area contributed by atoms with E-state index in [1.165, 1.54) is 22.3 Å². The van der Waals surface area contributed by atoms with E-state index in [-0.39, 0.29) is 0 Å². The summed E-state index contributed by atoms with van der Waals surface area (Å²) in [6, 6.07) is 87.3. The molecule has 0 radical (unpaired) electrons. The highest BCUT2D eigenvalue weighted by Gasteiger charge is 2.38. The number of hydrogen-bond donors (Lipinski definition) is 0. The summed E-state index contributed by atoms with van der Waals surface area (Å²) in [7, 11) is 0. The summed E-state index contributed by atoms with van der Waals surface area (Å²) in [5.74, 6) is 1.75. The molecule has 0 atom stereocenters. The van der Waals surface area contributed by atoms with E-state index in [4.69, 9.17) is 23.8 Å². The Balaban J connectivity index is 0.904. The molecular weight excluding hydrogens is 843 g/mol. The number of furan rings is 2. The van der Waals surface area contributed by atoms with Gasteiger partial charge in [-0.1, -0.05) is 206 Å². The van der Waals surface area contributed by atoms with E-state index in [2.05, 4.69) is 194 Å². The lowest BCUT2D eigenvalue weighted by atomic mass is 9.65. The summed E-state index contributed by atoms with van der Waals surface area (Å²) < 4.78 is 12.9. The fourth-order valence-corrected chi connectivity index (χ4v) is 10.3. The maximum atomic E-state index is 6.57. The van der Waals surface area contributed by atoms with Crippen LogP contribution < -0.4 is 0 Å². The number of benzene rings is 10. The SMILES string of the molecule is c1ccc(-c2nc(-c3cccc(-c4cccc5oc6ccc(-c7ccc(C(c8ccccc8)(c8ccccc8)c8ccccc8)cc7)cc6c45)c3)nc(-c3ccc4c(c3)oc3ccccc34)n2)cc1. The molecule has 0 unspecified atom stereocenters. The molecule has 13 aromatic rings. The van der Waals surface area contributed by atoms with Crippen molar-refractivity contribution in [3.8, 4) is 56.4 Å². The van der Waals surface area contributed by atoms with Gasteiger partial charge in [-0.2, -0.15) is 0 Å². The van der Waals surface area contributed by atoms with E-state index >= 15 is 0 Å². The Kier molecular flexibility index (Phi) is 9.65. The van der Waals surface area contributed by atoms with Gasteiger partial charge in [-0.05, 0) is 87.0 Å². The van der Waals surface area contributed by atoms with Crippen LogP contribution in [0.15, 0.2) is 258 Å². The lowest BCUT2D eigenvalue weighted by molar-refractivity contribution is 0.668. The largest absolute Gasteiger partial charge is 0.456 e. The van der Waals surface area contributed by atoms with E-state index < -0.39 is 5.41 Å². The normalized spacial score (nSPS) is 11.8. The van der Waals surface area contributed by atoms with Crippen LogP contribution in [0.2, 0.25) is 0 Å². The minimum absolute atomic E-state index is 0.522. The molecular formula is C64H41N3O2. The van der Waals surface area contributed by atoms with Crippen molar-refractivity contribution >= 4 is 43.9 Å². The molecule has 3 heterocycles. The maximum absolute atomic E-state index is 6.57. The summed E-state index contributed by atoms with van der Waals surface area (Å²) in [4.78, 5) is 15.2. The molecule has 0 N–H and O–H groups in total. The van der Waals surface area contributed by atoms with Crippen molar-refractivity contribution in [2.75, 3.05) is 0 Å². The molecule has 0 bridgehead atoms. The Hall–Kier alpha value is -9.19. The van der Waals surface area contributed by atoms with Gasteiger partial charge in [0.05, 0.1) is 5.41 Å². The summed E-state index contributed by atoms with van der Waals surface area (Å²) in [6.07, 6.45) is 0. The quantitative estimate of drug-likeness (QED) is 0.135. The van der Waals surface area contributed by atoms with Crippen LogP contribution >= 0.6 is 0 Å². The first-order valence-corrected chi connectivity index (χ1v) is 23.2. The smallest absolute Gasteiger partial charge is 0.164 e. The number of fused-ring (bicyclic) bond motifs is 6. The molecule has 5 nitrogen and oxygen atoms in total. The highest BCUT2D eigenvalue weighted by molar-refractivity contribution is 6.13. The van der Waals surface area contributed by atoms with Crippen molar-refractivity contribution in [3.63, 3.8) is 0 Å². The van der Waals surface area contributed by atoms with Gasteiger partial charge in [0.2, 0.25) is 0 Å². The van der Waals surface area contributed by atoms with Crippen LogP contribution in [0.4, 0.5) is 0 Å². The predicted octanol–water partition coefficient (Wildman–Crippen LogP) is 16.4. The van der Waals surface area contributed by atoms with E-state index in [1.54, 1.807) is 0 Å². The van der Waals surface area contributed by atoms with Crippen molar-refractivity contribution in [3.05, 3.63) is 271 Å². The highest BCUT2D eigenvalue weighted by atomic mass is 16.3. The van der Waals surface area contributed by atoms with Crippen LogP contribution in [0, 0.1) is 0 Å². The molecule has 0 spiro atoms. The van der Waals surface area contributed by atoms with Gasteiger partial charge >= 0.3 is 0 Å². The number of hydrogen-bond acceptors (Lipinski definition) is 5. The first kappa shape index (κ1) is 40.1. The van der Waals surface area contributed by atoms with Gasteiger partial charge in [-0.15, -0.1) is 0 Å². The lowest BCUT2D eigenvalue weighted by Crippen LogP contribution is -2.30. The van der Waals surface area contributed by atoms with E-state index in [0.717, 1.165) is 82.8 Å². The Morgan fingerprint density at radius 3 is 1.41 bits per heavy atom. The van der Waals surface area contributed by atoms with Gasteiger partial charge in [-0.3, -0.25) is 0 Å². The van der Waals surface area contributed by atoms with Crippen molar-refractivity contribution in [2.45, 2.75) is 5.41 Å². The Bertz CT molecular complexity index is 3900. The number of nitrogens with zero attached hydrogens (tertiary/aromatic N) is 3. The second kappa shape index (κ2) is 16.6. The van der Waals surface area contributed by atoms with Crippen molar-refractivity contribution < 1.29 is 8.83 Å². The van der Waals surface area contributed by atoms with Crippen LogP contribution in [0.1, 0.15) is 22.3 Å². The Morgan fingerprint density at radius 2 is 0.725 bits per heavy atom. The fourth-order valence-electron chi connectivity index (χ4n) is 10.3. The van der Waals surface area contributed by atoms with Crippen molar-refractivity contribution in [2.24, 2.45) is 0 Å². The molecule has 0 aliphatic rings. The van der Waals surface area contributed by atoms with Crippen molar-refractivity contribution in [1.29, 1.82) is 0 Å². The minimum atomic E-state index is -0.522. The minimum Gasteiger partial charge on any atom is -0.456 e. The summed E-state index contributed by atoms with van der Waals surface area (Å²) >= 11 is 0. The lowest BCUT2D eigenvalue weighted by Gasteiger charge is -2.37. The summed E-state index contributed by atoms with van der Waals surface area (Å²) in [5.41, 5.74) is 14.6. The standard InChI is InChI=1S/C64H41N3O2/c1-5-17-43(18-6-1)61-65-62(67-63(66-61)47-33-37-54-53-27-13-14-29-56(53)69-59(54)41-47)46-20-15-19-45(39-46)52-28-16-30-58-60(52)55-40-44(34-38-57(55)68-58)42-31-35-51(36-32-42)64(48-21-7-2-8-22-48,49-23-9-3-10-24-49)50-25-11-4-12-26-50/h1-41H. The average molecular weight is 884 g/mol. The van der Waals surface area contributed by atoms with Crippen LogP contribution in [0.25, 0.3) is 100 Å². The first-order valence-electron chi connectivity index (χ1n) is 23.2. The molecule has 0 amide bonds. The average Bonchev–Trinajstić information content (AvgIpc) is 4.00. The summed E-state index contributed by atoms with van der Waals surface area (Å²) in [5, 5.41) is 4.24. The van der Waals surface area contributed by atoms with Gasteiger partial charge < -0.3 is 8.83 Å². The highest BCUT2D eigenvalue weighted by Crippen LogP contribution is 2.46. The zero-order chi connectivity index (χ0) is 45.7. The van der Waals surface area contributed by atoms with E-state index in [0.29, 0.717) is 17.5 Å². The van der Waals surface area contributed by atoms with E-state index in [9.17, 15) is 0 Å². The molecule has 13 rings (SSSR count). The predicted molar refractivity (Wildman–Crippen MR) is 280 cm³/mol. The molecule has 0 saturated heterocycles. The topological polar surface area (TPSA) is 65.0 Å². The van der Waals surface area contributed by atoms with Gasteiger partial charge in [0.1, 0.15) is 22.3 Å². The third-order valence-corrected chi connectivity index (χ3v) is 13.5. The van der Waals surface area contributed by atoms with Gasteiger partial charge in [-0.25, -0.2) is 15.0 Å². The molecule has 5 heteroatoms. The van der Waals surface area contributed by atoms with E-state index in [1.807, 2.05) is 54.6 Å². The molecule has 10 aromatic carbocycles. The fraction of sp³-hybridized carbons (Fsp3) is 0.0156. The molecule has 0 fully saturated rings. The first-order chi connectivity index (χ1) is 34.2. The molecule has 0 saturated carbocycles. The molecule has 324 valence electrons. The molecule has 0 aliphatic carbocycles. The zero-order valence-electron chi connectivity index (χ0n) is 37.3. The summed E-state index contributed by atoms with van der Waals surface area (Å²) in [6.45, 7) is 0. The zero-order valence-corrected chi connectivity index (χ0v) is 37.3. The molecule has 3 aromatic heterocycles. The van der Waals surface area contributed by atoms with Crippen LogP contribution in [0.3, 0.4) is 0 Å². The van der Waals surface area contributed by atoms with Gasteiger partial charge in [0.15, 0.2) is 17.5 Å². The second-order valence-corrected chi connectivity index (χ2v) is 17.5. The third-order valence-electron chi connectivity index (χ3n) is 13.5.